The van der Waals surface area contributed by atoms with Crippen LogP contribution in [0.15, 0.2) is 56.5 Å². The molecule has 0 saturated heterocycles. The summed E-state index contributed by atoms with van der Waals surface area (Å²) in [5, 5.41) is -0.699. The molecule has 200 valence electrons. The van der Waals surface area contributed by atoms with E-state index >= 15 is 0 Å². The first-order chi connectivity index (χ1) is 18.1. The van der Waals surface area contributed by atoms with E-state index < -0.39 is 0 Å². The number of benzene rings is 2. The molecule has 4 nitrogen and oxygen atoms in total. The fourth-order valence-electron chi connectivity index (χ4n) is 4.41. The van der Waals surface area contributed by atoms with Gasteiger partial charge in [-0.15, -0.1) is 0 Å². The predicted molar refractivity (Wildman–Crippen MR) is 154 cm³/mol. The molecule has 38 heavy (non-hydrogen) atoms. The Kier molecular flexibility index (Phi) is 10.9. The Morgan fingerprint density at radius 2 is 1.08 bits per heavy atom. The van der Waals surface area contributed by atoms with Gasteiger partial charge < -0.3 is 0 Å². The summed E-state index contributed by atoms with van der Waals surface area (Å²) < 4.78 is 0. The molecule has 2 aromatic carbocycles. The highest BCUT2D eigenvalue weighted by molar-refractivity contribution is 6.60. The van der Waals surface area contributed by atoms with E-state index in [-0.39, 0.29) is 43.3 Å². The van der Waals surface area contributed by atoms with Gasteiger partial charge in [0.2, 0.25) is 23.1 Å². The molecule has 8 heteroatoms. The zero-order valence-electron chi connectivity index (χ0n) is 21.3. The molecule has 0 N–H and O–H groups in total. The fourth-order valence-corrected chi connectivity index (χ4v) is 5.15. The summed E-state index contributed by atoms with van der Waals surface area (Å²) in [7, 11) is 0. The number of fused-ring (bicyclic) bond motifs is 2. The maximum absolute atomic E-state index is 12.2. The molecule has 2 aliphatic carbocycles. The van der Waals surface area contributed by atoms with Crippen LogP contribution in [-0.2, 0) is 12.8 Å². The second-order valence-electron chi connectivity index (χ2n) is 9.21. The van der Waals surface area contributed by atoms with Crippen molar-refractivity contribution in [2.24, 2.45) is 0 Å². The smallest absolute Gasteiger partial charge is 0.207 e. The SMILES string of the molecule is CCCCCc1ccc2c(c1)C(=O)C(Cl)=C(Cl)C2=O.CCCCCc1cccc2c1C(=O)C(Cl)=C(Cl)C2=O. The van der Waals surface area contributed by atoms with Gasteiger partial charge in [-0.05, 0) is 48.9 Å². The number of hydrogen-bond donors (Lipinski definition) is 0. The molecule has 0 saturated carbocycles. The third kappa shape index (κ3) is 6.48. The monoisotopic (exact) mass is 592 g/mol. The molecule has 0 fully saturated rings. The van der Waals surface area contributed by atoms with Crippen molar-refractivity contribution in [2.75, 3.05) is 0 Å². The Morgan fingerprint density at radius 1 is 0.553 bits per heavy atom. The van der Waals surface area contributed by atoms with Crippen LogP contribution in [0.4, 0.5) is 0 Å². The molecular formula is C30H28Cl4O4. The standard InChI is InChI=1S/2C15H14Cl2O2/c1-2-3-4-6-9-7-5-8-10-11(9)15(19)13(17)12(16)14(10)18;1-2-3-4-5-9-6-7-10-11(8-9)15(19)13(17)12(16)14(10)18/h5,7-8H,2-4,6H2,1H3;6-8H,2-5H2,1H3. The zero-order chi connectivity index (χ0) is 28.0. The number of halogens is 4. The van der Waals surface area contributed by atoms with Gasteiger partial charge in [0.1, 0.15) is 20.1 Å². The van der Waals surface area contributed by atoms with Crippen molar-refractivity contribution in [3.8, 4) is 0 Å². The molecule has 0 unspecified atom stereocenters. The van der Waals surface area contributed by atoms with Crippen LogP contribution in [0.5, 0.6) is 0 Å². The van der Waals surface area contributed by atoms with Crippen molar-refractivity contribution in [1.29, 1.82) is 0 Å². The minimum absolute atomic E-state index is 0.165. The number of hydrogen-bond acceptors (Lipinski definition) is 4. The highest BCUT2D eigenvalue weighted by atomic mass is 35.5. The molecule has 0 atom stereocenters. The second-order valence-corrected chi connectivity index (χ2v) is 10.7. The summed E-state index contributed by atoms with van der Waals surface area (Å²) in [6.45, 7) is 4.26. The molecule has 0 aliphatic heterocycles. The number of aryl methyl sites for hydroxylation is 2. The number of Topliss-reactive ketones (excluding diaryl/α,β-unsaturated/α-hetero) is 4. The van der Waals surface area contributed by atoms with Crippen molar-refractivity contribution < 1.29 is 19.2 Å². The molecule has 2 aliphatic rings. The topological polar surface area (TPSA) is 68.3 Å². The van der Waals surface area contributed by atoms with Gasteiger partial charge in [0.15, 0.2) is 0 Å². The number of carbonyl (C=O) groups excluding carboxylic acids is 4. The maximum atomic E-state index is 12.2. The number of unbranched alkanes of at least 4 members (excludes halogenated alkanes) is 4. The zero-order valence-corrected chi connectivity index (χ0v) is 24.3. The lowest BCUT2D eigenvalue weighted by molar-refractivity contribution is 0.0986. The lowest BCUT2D eigenvalue weighted by atomic mass is 9.88. The summed E-state index contributed by atoms with van der Waals surface area (Å²) in [4.78, 5) is 48.2. The quantitative estimate of drug-likeness (QED) is 0.286. The van der Waals surface area contributed by atoms with E-state index in [1.165, 1.54) is 0 Å². The van der Waals surface area contributed by atoms with Crippen LogP contribution in [0.3, 0.4) is 0 Å². The van der Waals surface area contributed by atoms with E-state index in [1.807, 2.05) is 12.1 Å². The fraction of sp³-hybridized carbons (Fsp3) is 0.333. The Hall–Kier alpha value is -2.24. The summed E-state index contributed by atoms with van der Waals surface area (Å²) >= 11 is 23.2. The van der Waals surface area contributed by atoms with Crippen LogP contribution < -0.4 is 0 Å². The number of carbonyl (C=O) groups is 4. The average Bonchev–Trinajstić information content (AvgIpc) is 2.93. The van der Waals surface area contributed by atoms with Gasteiger partial charge in [0.25, 0.3) is 0 Å². The molecule has 0 bridgehead atoms. The van der Waals surface area contributed by atoms with Gasteiger partial charge in [-0.1, -0.05) is 110 Å². The van der Waals surface area contributed by atoms with Gasteiger partial charge in [0.05, 0.1) is 0 Å². The summed E-state index contributed by atoms with van der Waals surface area (Å²) in [6, 6.07) is 10.6. The van der Waals surface area contributed by atoms with E-state index in [9.17, 15) is 19.2 Å². The molecule has 2 aromatic rings. The average molecular weight is 594 g/mol. The minimum atomic E-state index is -0.374. The van der Waals surface area contributed by atoms with Crippen LogP contribution >= 0.6 is 46.4 Å². The lowest BCUT2D eigenvalue weighted by Crippen LogP contribution is -2.19. The summed E-state index contributed by atoms with van der Waals surface area (Å²) in [5.74, 6) is -1.44. The molecule has 0 spiro atoms. The van der Waals surface area contributed by atoms with Crippen LogP contribution in [0.1, 0.15) is 105 Å². The van der Waals surface area contributed by atoms with Crippen LogP contribution in [0, 0.1) is 0 Å². The maximum Gasteiger partial charge on any atom is 0.207 e. The van der Waals surface area contributed by atoms with Crippen molar-refractivity contribution in [3.63, 3.8) is 0 Å². The largest absolute Gasteiger partial charge is 0.288 e. The van der Waals surface area contributed by atoms with Gasteiger partial charge in [-0.25, -0.2) is 0 Å². The minimum Gasteiger partial charge on any atom is -0.288 e. The first-order valence-electron chi connectivity index (χ1n) is 12.7. The third-order valence-electron chi connectivity index (χ3n) is 6.50. The first-order valence-corrected chi connectivity index (χ1v) is 14.2. The molecule has 0 heterocycles. The number of ketones is 4. The Balaban J connectivity index is 0.000000211. The highest BCUT2D eigenvalue weighted by Crippen LogP contribution is 2.33. The van der Waals surface area contributed by atoms with Crippen LogP contribution in [-0.4, -0.2) is 23.1 Å². The van der Waals surface area contributed by atoms with Crippen molar-refractivity contribution in [3.05, 3.63) is 89.9 Å². The number of allylic oxidation sites excluding steroid dienone is 4. The molecule has 0 amide bonds. The van der Waals surface area contributed by atoms with Gasteiger partial charge in [-0.2, -0.15) is 0 Å². The van der Waals surface area contributed by atoms with E-state index in [0.29, 0.717) is 22.3 Å². The van der Waals surface area contributed by atoms with Crippen LogP contribution in [0.2, 0.25) is 0 Å². The normalized spacial score (nSPS) is 14.9. The van der Waals surface area contributed by atoms with E-state index in [0.717, 1.165) is 62.5 Å². The van der Waals surface area contributed by atoms with Crippen molar-refractivity contribution in [1.82, 2.24) is 0 Å². The van der Waals surface area contributed by atoms with Crippen molar-refractivity contribution >= 4 is 69.5 Å². The predicted octanol–water partition coefficient (Wildman–Crippen LogP) is 8.97. The lowest BCUT2D eigenvalue weighted by Gasteiger charge is -2.17. The summed E-state index contributed by atoms with van der Waals surface area (Å²) in [5.41, 5.74) is 3.45. The van der Waals surface area contributed by atoms with Gasteiger partial charge in [-0.3, -0.25) is 19.2 Å². The first kappa shape index (κ1) is 30.3. The summed E-state index contributed by atoms with van der Waals surface area (Å²) in [6.07, 6.45) is 8.23. The van der Waals surface area contributed by atoms with Crippen LogP contribution in [0.25, 0.3) is 0 Å². The Morgan fingerprint density at radius 3 is 1.68 bits per heavy atom. The van der Waals surface area contributed by atoms with E-state index in [4.69, 9.17) is 46.4 Å². The van der Waals surface area contributed by atoms with Gasteiger partial charge in [0, 0.05) is 22.3 Å². The second kappa shape index (κ2) is 13.7. The Labute approximate surface area is 243 Å². The van der Waals surface area contributed by atoms with Gasteiger partial charge >= 0.3 is 0 Å². The van der Waals surface area contributed by atoms with E-state index in [2.05, 4.69) is 13.8 Å². The molecule has 0 aromatic heterocycles. The molecule has 4 rings (SSSR count). The number of rotatable bonds is 8. The van der Waals surface area contributed by atoms with Crippen molar-refractivity contribution in [2.45, 2.75) is 65.2 Å². The highest BCUT2D eigenvalue weighted by Gasteiger charge is 2.32. The molecular weight excluding hydrogens is 566 g/mol. The van der Waals surface area contributed by atoms with E-state index in [1.54, 1.807) is 24.3 Å². The Bertz CT molecular complexity index is 1350. The molecule has 0 radical (unpaired) electrons. The third-order valence-corrected chi connectivity index (χ3v) is 8.13.